The highest BCUT2D eigenvalue weighted by Crippen LogP contribution is 2.48. The molecule has 2 fully saturated rings. The molecule has 0 saturated heterocycles. The molecule has 0 radical (unpaired) electrons. The SMILES string of the molecule is COCCNCC1CC1C1CCCCCC1. The Morgan fingerprint density at radius 2 is 1.88 bits per heavy atom. The van der Waals surface area contributed by atoms with Gasteiger partial charge in [-0.15, -0.1) is 0 Å². The second-order valence-electron chi connectivity index (χ2n) is 5.61. The van der Waals surface area contributed by atoms with Crippen molar-refractivity contribution in [2.75, 3.05) is 26.8 Å². The summed E-state index contributed by atoms with van der Waals surface area (Å²) in [6.45, 7) is 3.09. The molecule has 16 heavy (non-hydrogen) atoms. The maximum atomic E-state index is 5.04. The Morgan fingerprint density at radius 1 is 1.12 bits per heavy atom. The molecule has 2 aliphatic rings. The summed E-state index contributed by atoms with van der Waals surface area (Å²) in [5.41, 5.74) is 0. The first kappa shape index (κ1) is 12.4. The van der Waals surface area contributed by atoms with Crippen LogP contribution in [-0.4, -0.2) is 26.8 Å². The van der Waals surface area contributed by atoms with Crippen LogP contribution in [0.1, 0.15) is 44.9 Å². The van der Waals surface area contributed by atoms with Gasteiger partial charge in [-0.2, -0.15) is 0 Å². The molecule has 2 aliphatic carbocycles. The van der Waals surface area contributed by atoms with Crippen LogP contribution in [0, 0.1) is 17.8 Å². The van der Waals surface area contributed by atoms with Crippen molar-refractivity contribution in [2.45, 2.75) is 44.9 Å². The Morgan fingerprint density at radius 3 is 2.56 bits per heavy atom. The van der Waals surface area contributed by atoms with Crippen LogP contribution < -0.4 is 5.32 Å². The Labute approximate surface area is 100 Å². The lowest BCUT2D eigenvalue weighted by atomic mass is 9.94. The number of hydrogen-bond donors (Lipinski definition) is 1. The first-order valence-corrected chi connectivity index (χ1v) is 7.11. The van der Waals surface area contributed by atoms with E-state index in [0.717, 1.165) is 30.9 Å². The fourth-order valence-corrected chi connectivity index (χ4v) is 3.28. The maximum absolute atomic E-state index is 5.04. The summed E-state index contributed by atoms with van der Waals surface area (Å²) in [4.78, 5) is 0. The van der Waals surface area contributed by atoms with Gasteiger partial charge in [0, 0.05) is 13.7 Å². The minimum Gasteiger partial charge on any atom is -0.383 e. The van der Waals surface area contributed by atoms with E-state index in [1.807, 2.05) is 0 Å². The van der Waals surface area contributed by atoms with E-state index >= 15 is 0 Å². The minimum atomic E-state index is 0.848. The van der Waals surface area contributed by atoms with Crippen molar-refractivity contribution in [2.24, 2.45) is 17.8 Å². The van der Waals surface area contributed by atoms with Crippen molar-refractivity contribution >= 4 is 0 Å². The standard InChI is InChI=1S/C14H27NO/c1-16-9-8-15-11-13-10-14(13)12-6-4-2-3-5-7-12/h12-15H,2-11H2,1H3. The summed E-state index contributed by atoms with van der Waals surface area (Å²) in [6, 6.07) is 0. The quantitative estimate of drug-likeness (QED) is 0.554. The molecule has 2 unspecified atom stereocenters. The molecule has 2 heteroatoms. The maximum Gasteiger partial charge on any atom is 0.0587 e. The van der Waals surface area contributed by atoms with E-state index in [9.17, 15) is 0 Å². The summed E-state index contributed by atoms with van der Waals surface area (Å²) in [6.07, 6.45) is 10.5. The van der Waals surface area contributed by atoms with E-state index in [4.69, 9.17) is 4.74 Å². The van der Waals surface area contributed by atoms with Crippen LogP contribution in [0.5, 0.6) is 0 Å². The zero-order valence-electron chi connectivity index (χ0n) is 10.7. The van der Waals surface area contributed by atoms with Gasteiger partial charge < -0.3 is 10.1 Å². The van der Waals surface area contributed by atoms with Crippen LogP contribution >= 0.6 is 0 Å². The molecule has 0 aromatic heterocycles. The monoisotopic (exact) mass is 225 g/mol. The van der Waals surface area contributed by atoms with E-state index in [2.05, 4.69) is 5.32 Å². The van der Waals surface area contributed by atoms with Crippen LogP contribution in [0.25, 0.3) is 0 Å². The van der Waals surface area contributed by atoms with Crippen molar-refractivity contribution in [1.29, 1.82) is 0 Å². The summed E-state index contributed by atoms with van der Waals surface area (Å²) < 4.78 is 5.04. The molecule has 2 saturated carbocycles. The molecule has 0 aliphatic heterocycles. The highest BCUT2D eigenvalue weighted by Gasteiger charge is 2.41. The van der Waals surface area contributed by atoms with Crippen LogP contribution in [0.4, 0.5) is 0 Å². The van der Waals surface area contributed by atoms with Gasteiger partial charge in [0.2, 0.25) is 0 Å². The van der Waals surface area contributed by atoms with Gasteiger partial charge in [-0.1, -0.05) is 38.5 Å². The van der Waals surface area contributed by atoms with Crippen molar-refractivity contribution in [3.05, 3.63) is 0 Å². The molecule has 0 aromatic rings. The molecule has 2 rings (SSSR count). The molecule has 0 spiro atoms. The lowest BCUT2D eigenvalue weighted by Crippen LogP contribution is -2.22. The lowest BCUT2D eigenvalue weighted by molar-refractivity contribution is 0.198. The van der Waals surface area contributed by atoms with E-state index in [1.165, 1.54) is 51.5 Å². The molecular formula is C14H27NO. The predicted molar refractivity (Wildman–Crippen MR) is 67.5 cm³/mol. The highest BCUT2D eigenvalue weighted by atomic mass is 16.5. The molecule has 94 valence electrons. The van der Waals surface area contributed by atoms with Crippen LogP contribution in [0.2, 0.25) is 0 Å². The average molecular weight is 225 g/mol. The predicted octanol–water partition coefficient (Wildman–Crippen LogP) is 2.83. The second-order valence-corrected chi connectivity index (χ2v) is 5.61. The van der Waals surface area contributed by atoms with E-state index in [0.29, 0.717) is 0 Å². The summed E-state index contributed by atoms with van der Waals surface area (Å²) in [5.74, 6) is 3.12. The molecule has 2 nitrogen and oxygen atoms in total. The molecule has 0 amide bonds. The minimum absolute atomic E-state index is 0.848. The number of methoxy groups -OCH3 is 1. The van der Waals surface area contributed by atoms with Crippen molar-refractivity contribution < 1.29 is 4.74 Å². The van der Waals surface area contributed by atoms with Gasteiger partial charge in [-0.05, 0) is 30.7 Å². The largest absolute Gasteiger partial charge is 0.383 e. The van der Waals surface area contributed by atoms with Crippen LogP contribution in [-0.2, 0) is 4.74 Å². The second kappa shape index (κ2) is 6.61. The van der Waals surface area contributed by atoms with Crippen molar-refractivity contribution in [3.63, 3.8) is 0 Å². The van der Waals surface area contributed by atoms with E-state index in [-0.39, 0.29) is 0 Å². The number of nitrogens with one attached hydrogen (secondary N) is 1. The Kier molecular flexibility index (Phi) is 5.11. The summed E-state index contributed by atoms with van der Waals surface area (Å²) in [5, 5.41) is 3.51. The zero-order chi connectivity index (χ0) is 11.2. The van der Waals surface area contributed by atoms with Crippen molar-refractivity contribution in [1.82, 2.24) is 5.32 Å². The summed E-state index contributed by atoms with van der Waals surface area (Å²) in [7, 11) is 1.77. The lowest BCUT2D eigenvalue weighted by Gasteiger charge is -2.13. The van der Waals surface area contributed by atoms with Gasteiger partial charge in [0.1, 0.15) is 0 Å². The topological polar surface area (TPSA) is 21.3 Å². The van der Waals surface area contributed by atoms with E-state index in [1.54, 1.807) is 7.11 Å². The summed E-state index contributed by atoms with van der Waals surface area (Å²) >= 11 is 0. The molecule has 0 heterocycles. The van der Waals surface area contributed by atoms with Crippen LogP contribution in [0.15, 0.2) is 0 Å². The van der Waals surface area contributed by atoms with Gasteiger partial charge in [-0.3, -0.25) is 0 Å². The Hall–Kier alpha value is -0.0800. The molecule has 0 bridgehead atoms. The number of rotatable bonds is 6. The van der Waals surface area contributed by atoms with E-state index < -0.39 is 0 Å². The molecule has 0 aromatic carbocycles. The first-order valence-electron chi connectivity index (χ1n) is 7.11. The number of ether oxygens (including phenoxy) is 1. The molecular weight excluding hydrogens is 198 g/mol. The van der Waals surface area contributed by atoms with Gasteiger partial charge in [0.15, 0.2) is 0 Å². The first-order chi connectivity index (χ1) is 7.92. The fraction of sp³-hybridized carbons (Fsp3) is 1.00. The molecule has 2 atom stereocenters. The normalized spacial score (nSPS) is 31.3. The Bertz CT molecular complexity index is 187. The van der Waals surface area contributed by atoms with Gasteiger partial charge >= 0.3 is 0 Å². The third-order valence-corrected chi connectivity index (χ3v) is 4.37. The van der Waals surface area contributed by atoms with Gasteiger partial charge in [0.05, 0.1) is 6.61 Å². The molecule has 1 N–H and O–H groups in total. The average Bonchev–Trinajstić information content (AvgIpc) is 3.07. The van der Waals surface area contributed by atoms with Crippen molar-refractivity contribution in [3.8, 4) is 0 Å². The zero-order valence-corrected chi connectivity index (χ0v) is 10.7. The third-order valence-electron chi connectivity index (χ3n) is 4.37. The fourth-order valence-electron chi connectivity index (χ4n) is 3.28. The third kappa shape index (κ3) is 3.74. The van der Waals surface area contributed by atoms with Crippen LogP contribution in [0.3, 0.4) is 0 Å². The highest BCUT2D eigenvalue weighted by molar-refractivity contribution is 4.92. The van der Waals surface area contributed by atoms with Gasteiger partial charge in [-0.25, -0.2) is 0 Å². The van der Waals surface area contributed by atoms with Gasteiger partial charge in [0.25, 0.3) is 0 Å². The number of hydrogen-bond acceptors (Lipinski definition) is 2. The smallest absolute Gasteiger partial charge is 0.0587 e. The Balaban J connectivity index is 1.58.